The third-order valence-electron chi connectivity index (χ3n) is 4.31. The van der Waals surface area contributed by atoms with E-state index in [-0.39, 0.29) is 28.4 Å². The molecule has 0 aliphatic heterocycles. The first-order valence-corrected chi connectivity index (χ1v) is 8.64. The number of nitro benzene ring substituents is 1. The summed E-state index contributed by atoms with van der Waals surface area (Å²) in [4.78, 5) is 29.8. The highest BCUT2D eigenvalue weighted by Crippen LogP contribution is 2.28. The van der Waals surface area contributed by atoms with Crippen LogP contribution in [0.25, 0.3) is 11.0 Å². The largest absolute Gasteiger partial charge is 0.497 e. The lowest BCUT2D eigenvalue weighted by molar-refractivity contribution is -0.384. The molecule has 0 spiro atoms. The Bertz CT molecular complexity index is 1160. The molecule has 1 heterocycles. The summed E-state index contributed by atoms with van der Waals surface area (Å²) in [6, 6.07) is 9.26. The summed E-state index contributed by atoms with van der Waals surface area (Å²) in [5.41, 5.74) is 13.2. The number of nitrogens with two attached hydrogens (primary N) is 2. The van der Waals surface area contributed by atoms with Crippen molar-refractivity contribution in [2.24, 2.45) is 16.6 Å². The van der Waals surface area contributed by atoms with E-state index >= 15 is 0 Å². The first-order valence-electron chi connectivity index (χ1n) is 8.64. The topological polar surface area (TPSA) is 195 Å². The molecule has 0 bridgehead atoms. The number of hydrazone groups is 1. The van der Waals surface area contributed by atoms with Gasteiger partial charge in [-0.1, -0.05) is 12.1 Å². The van der Waals surface area contributed by atoms with E-state index in [0.717, 1.165) is 0 Å². The maximum Gasteiger partial charge on any atom is 0.272 e. The predicted octanol–water partition coefficient (Wildman–Crippen LogP) is 0.393. The van der Waals surface area contributed by atoms with Gasteiger partial charge >= 0.3 is 0 Å². The van der Waals surface area contributed by atoms with Crippen LogP contribution in [0, 0.1) is 10.1 Å². The highest BCUT2D eigenvalue weighted by atomic mass is 16.6. The summed E-state index contributed by atoms with van der Waals surface area (Å²) in [7, 11) is 1.51. The Morgan fingerprint density at radius 3 is 2.60 bits per heavy atom. The van der Waals surface area contributed by atoms with Crippen molar-refractivity contribution in [3.05, 3.63) is 74.2 Å². The monoisotopic (exact) mass is 413 g/mol. The number of hydrogen-bond acceptors (Lipinski definition) is 8. The number of aromatic nitrogens is 2. The molecular weight excluding hydrogens is 394 g/mol. The molecule has 12 heteroatoms. The van der Waals surface area contributed by atoms with Crippen molar-refractivity contribution in [1.29, 1.82) is 0 Å². The van der Waals surface area contributed by atoms with Crippen LogP contribution in [0.3, 0.4) is 0 Å². The number of H-pyrrole nitrogens is 1. The number of benzene rings is 2. The summed E-state index contributed by atoms with van der Waals surface area (Å²) in [5, 5.41) is 25.5. The molecule has 3 aromatic rings. The highest BCUT2D eigenvalue weighted by molar-refractivity contribution is 5.77. The lowest BCUT2D eigenvalue weighted by Crippen LogP contribution is -2.34. The lowest BCUT2D eigenvalue weighted by Gasteiger charge is -2.22. The standard InChI is InChI=1S/C18H19N7O5/c1-30-11-5-2-9(3-6-11)16(26)14(23-24-18(19)20)15-17(27)22-13-8-10(25(28)29)4-7-12(13)21-15/h2-8,14,16,23,26H,1H3,(H,22,27)(H4,19,20,24)/t14-,16+/m0/s1. The average Bonchev–Trinajstić information content (AvgIpc) is 2.73. The van der Waals surface area contributed by atoms with E-state index in [4.69, 9.17) is 16.2 Å². The fraction of sp³-hybridized carbons (Fsp3) is 0.167. The first-order chi connectivity index (χ1) is 14.3. The average molecular weight is 413 g/mol. The van der Waals surface area contributed by atoms with E-state index in [1.54, 1.807) is 24.3 Å². The van der Waals surface area contributed by atoms with Gasteiger partial charge in [0.05, 0.1) is 23.1 Å². The quantitative estimate of drug-likeness (QED) is 0.157. The number of aliphatic hydroxyl groups is 1. The molecule has 0 radical (unpaired) electrons. The predicted molar refractivity (Wildman–Crippen MR) is 109 cm³/mol. The molecule has 3 rings (SSSR count). The number of aromatic amines is 1. The summed E-state index contributed by atoms with van der Waals surface area (Å²) in [5.74, 6) is 0.276. The van der Waals surface area contributed by atoms with Gasteiger partial charge in [0, 0.05) is 12.1 Å². The molecule has 7 N–H and O–H groups in total. The Labute approximate surface area is 169 Å². The SMILES string of the molecule is COc1ccc([C@@H](O)[C@@H](NN=C(N)N)c2nc3ccc([N+](=O)[O-])cc3[nH]c2=O)cc1. The van der Waals surface area contributed by atoms with Gasteiger partial charge in [-0.25, -0.2) is 4.98 Å². The van der Waals surface area contributed by atoms with E-state index < -0.39 is 22.6 Å². The highest BCUT2D eigenvalue weighted by Gasteiger charge is 2.27. The van der Waals surface area contributed by atoms with E-state index in [2.05, 4.69) is 20.5 Å². The normalized spacial score (nSPS) is 12.7. The van der Waals surface area contributed by atoms with E-state index in [1.807, 2.05) is 0 Å². The number of non-ortho nitro benzene ring substituents is 1. The van der Waals surface area contributed by atoms with Crippen molar-refractivity contribution in [3.63, 3.8) is 0 Å². The number of fused-ring (bicyclic) bond motifs is 1. The fourth-order valence-corrected chi connectivity index (χ4v) is 2.83. The van der Waals surface area contributed by atoms with Gasteiger partial charge in [-0.2, -0.15) is 0 Å². The lowest BCUT2D eigenvalue weighted by atomic mass is 10.00. The summed E-state index contributed by atoms with van der Waals surface area (Å²) < 4.78 is 5.10. The Hall–Kier alpha value is -4.19. The second-order valence-corrected chi connectivity index (χ2v) is 6.27. The van der Waals surface area contributed by atoms with E-state index in [1.165, 1.54) is 25.3 Å². The van der Waals surface area contributed by atoms with Crippen LogP contribution < -0.4 is 27.2 Å². The molecule has 12 nitrogen and oxygen atoms in total. The van der Waals surface area contributed by atoms with Crippen LogP contribution >= 0.6 is 0 Å². The molecule has 0 aliphatic carbocycles. The fourth-order valence-electron chi connectivity index (χ4n) is 2.83. The Morgan fingerprint density at radius 1 is 1.30 bits per heavy atom. The van der Waals surface area contributed by atoms with Crippen LogP contribution in [0.4, 0.5) is 5.69 Å². The molecule has 0 amide bonds. The Balaban J connectivity index is 2.08. The van der Waals surface area contributed by atoms with Crippen LogP contribution in [0.5, 0.6) is 5.75 Å². The van der Waals surface area contributed by atoms with Crippen LogP contribution in [-0.2, 0) is 0 Å². The molecule has 156 valence electrons. The number of nitrogens with zero attached hydrogens (tertiary/aromatic N) is 3. The molecule has 0 aliphatic rings. The zero-order valence-electron chi connectivity index (χ0n) is 15.8. The molecule has 2 atom stereocenters. The second kappa shape index (κ2) is 8.45. The van der Waals surface area contributed by atoms with Crippen molar-refractivity contribution < 1.29 is 14.8 Å². The molecule has 2 aromatic carbocycles. The van der Waals surface area contributed by atoms with Gasteiger partial charge in [-0.15, -0.1) is 5.10 Å². The summed E-state index contributed by atoms with van der Waals surface area (Å²) >= 11 is 0. The zero-order valence-corrected chi connectivity index (χ0v) is 15.8. The number of hydrogen-bond donors (Lipinski definition) is 5. The first kappa shape index (κ1) is 20.5. The molecule has 0 fully saturated rings. The van der Waals surface area contributed by atoms with Crippen molar-refractivity contribution in [2.75, 3.05) is 7.11 Å². The van der Waals surface area contributed by atoms with Crippen LogP contribution in [-0.4, -0.2) is 33.1 Å². The van der Waals surface area contributed by atoms with Crippen molar-refractivity contribution in [1.82, 2.24) is 15.4 Å². The van der Waals surface area contributed by atoms with Gasteiger partial charge in [0.2, 0.25) is 5.96 Å². The number of nitro groups is 1. The summed E-state index contributed by atoms with van der Waals surface area (Å²) in [6.45, 7) is 0. The second-order valence-electron chi connectivity index (χ2n) is 6.27. The van der Waals surface area contributed by atoms with Gasteiger partial charge in [0.1, 0.15) is 23.6 Å². The number of methoxy groups -OCH3 is 1. The minimum Gasteiger partial charge on any atom is -0.497 e. The van der Waals surface area contributed by atoms with E-state index in [0.29, 0.717) is 11.3 Å². The van der Waals surface area contributed by atoms with Gasteiger partial charge < -0.3 is 26.3 Å². The zero-order chi connectivity index (χ0) is 21.8. The molecule has 1 aromatic heterocycles. The van der Waals surface area contributed by atoms with Crippen molar-refractivity contribution in [3.8, 4) is 5.75 Å². The Kier molecular flexibility index (Phi) is 5.78. The van der Waals surface area contributed by atoms with Gasteiger partial charge in [0.25, 0.3) is 11.2 Å². The molecule has 0 saturated carbocycles. The smallest absolute Gasteiger partial charge is 0.272 e. The van der Waals surface area contributed by atoms with Gasteiger partial charge in [-0.05, 0) is 23.8 Å². The number of rotatable bonds is 7. The Morgan fingerprint density at radius 2 is 2.00 bits per heavy atom. The number of ether oxygens (including phenoxy) is 1. The summed E-state index contributed by atoms with van der Waals surface area (Å²) in [6.07, 6.45) is -1.26. The number of guanidine groups is 1. The third-order valence-corrected chi connectivity index (χ3v) is 4.31. The minimum absolute atomic E-state index is 0.107. The number of aliphatic hydroxyl groups excluding tert-OH is 1. The van der Waals surface area contributed by atoms with Crippen molar-refractivity contribution >= 4 is 22.7 Å². The van der Waals surface area contributed by atoms with Crippen LogP contribution in [0.2, 0.25) is 0 Å². The van der Waals surface area contributed by atoms with Gasteiger partial charge in [-0.3, -0.25) is 20.3 Å². The maximum atomic E-state index is 12.7. The third kappa shape index (κ3) is 4.28. The minimum atomic E-state index is -1.26. The van der Waals surface area contributed by atoms with Crippen LogP contribution in [0.1, 0.15) is 23.4 Å². The molecule has 30 heavy (non-hydrogen) atoms. The van der Waals surface area contributed by atoms with Crippen LogP contribution in [0.15, 0.2) is 52.4 Å². The number of nitrogens with one attached hydrogen (secondary N) is 2. The molecule has 0 unspecified atom stereocenters. The molecule has 0 saturated heterocycles. The molecular formula is C18H19N7O5. The van der Waals surface area contributed by atoms with Crippen molar-refractivity contribution in [2.45, 2.75) is 12.1 Å². The van der Waals surface area contributed by atoms with E-state index in [9.17, 15) is 20.0 Å². The van der Waals surface area contributed by atoms with Gasteiger partial charge in [0.15, 0.2) is 0 Å². The maximum absolute atomic E-state index is 12.7.